The van der Waals surface area contributed by atoms with Crippen LogP contribution in [0.15, 0.2) is 10.6 Å². The van der Waals surface area contributed by atoms with Crippen molar-refractivity contribution in [1.29, 1.82) is 0 Å². The molecule has 6 rings (SSSR count). The number of aromatic nitrogens is 2. The maximum absolute atomic E-state index is 14.4. The summed E-state index contributed by atoms with van der Waals surface area (Å²) in [6, 6.07) is 0. The van der Waals surface area contributed by atoms with Crippen LogP contribution in [0.25, 0.3) is 11.3 Å². The van der Waals surface area contributed by atoms with Crippen LogP contribution in [-0.2, 0) is 28.7 Å². The van der Waals surface area contributed by atoms with E-state index in [0.717, 1.165) is 44.1 Å². The Labute approximate surface area is 218 Å². The average Bonchev–Trinajstić information content (AvgIpc) is 3.25. The maximum Gasteiger partial charge on any atom is 0.420 e. The zero-order valence-corrected chi connectivity index (χ0v) is 21.5. The van der Waals surface area contributed by atoms with E-state index in [1.165, 1.54) is 0 Å². The monoisotopic (exact) mass is 534 g/mol. The van der Waals surface area contributed by atoms with Crippen LogP contribution in [-0.4, -0.2) is 58.8 Å². The second-order valence-corrected chi connectivity index (χ2v) is 11.3. The molecule has 3 fully saturated rings. The predicted molar refractivity (Wildman–Crippen MR) is 130 cm³/mol. The summed E-state index contributed by atoms with van der Waals surface area (Å²) in [7, 11) is 0. The molecule has 206 valence electrons. The topological polar surface area (TPSA) is 89.6 Å². The minimum absolute atomic E-state index is 0.0979. The smallest absolute Gasteiger partial charge is 0.420 e. The highest BCUT2D eigenvalue weighted by atomic mass is 19.4. The van der Waals surface area contributed by atoms with Gasteiger partial charge in [-0.2, -0.15) is 18.3 Å². The molecule has 2 aliphatic carbocycles. The van der Waals surface area contributed by atoms with Gasteiger partial charge in [0.15, 0.2) is 0 Å². The van der Waals surface area contributed by atoms with E-state index in [-0.39, 0.29) is 53.8 Å². The lowest BCUT2D eigenvalue weighted by Crippen LogP contribution is -2.40. The molecule has 0 bridgehead atoms. The molecular weight excluding hydrogens is 501 g/mol. The van der Waals surface area contributed by atoms with Gasteiger partial charge in [-0.3, -0.25) is 14.3 Å². The molecule has 0 spiro atoms. The van der Waals surface area contributed by atoms with Crippen molar-refractivity contribution in [3.05, 3.63) is 28.8 Å². The molecule has 38 heavy (non-hydrogen) atoms. The number of alkyl halides is 3. The van der Waals surface area contributed by atoms with Crippen molar-refractivity contribution >= 4 is 11.8 Å². The van der Waals surface area contributed by atoms with Crippen LogP contribution in [0.2, 0.25) is 0 Å². The van der Waals surface area contributed by atoms with Gasteiger partial charge >= 0.3 is 6.18 Å². The Morgan fingerprint density at radius 1 is 1.16 bits per heavy atom. The number of halogens is 3. The summed E-state index contributed by atoms with van der Waals surface area (Å²) < 4.78 is 56.0. The third-order valence-electron chi connectivity index (χ3n) is 8.33. The van der Waals surface area contributed by atoms with Crippen molar-refractivity contribution in [2.24, 2.45) is 11.8 Å². The van der Waals surface area contributed by atoms with Gasteiger partial charge in [-0.25, -0.2) is 0 Å². The van der Waals surface area contributed by atoms with E-state index >= 15 is 0 Å². The molecule has 2 aromatic rings. The molecule has 2 aliphatic heterocycles. The van der Waals surface area contributed by atoms with Crippen molar-refractivity contribution in [2.75, 3.05) is 26.2 Å². The lowest BCUT2D eigenvalue weighted by Gasteiger charge is -2.32. The second-order valence-electron chi connectivity index (χ2n) is 11.3. The largest absolute Gasteiger partial charge is 0.455 e. The lowest BCUT2D eigenvalue weighted by atomic mass is 9.86. The Morgan fingerprint density at radius 2 is 1.92 bits per heavy atom. The molecule has 2 aromatic heterocycles. The summed E-state index contributed by atoms with van der Waals surface area (Å²) in [5, 5.41) is 7.18. The van der Waals surface area contributed by atoms with Crippen molar-refractivity contribution in [1.82, 2.24) is 20.0 Å². The standard InChI is InChI=1S/C27H33F3N4O4/c1-15-11-20-21(22(27(28,29)30)24(38-20)25(35)31-12-18-3-2-10-37-18)23-19(15)14-34(32-23)13-16-6-8-33(9-7-16)26(36)17-4-5-17/h14-18H,2-13H2,1H3,(H,31,35)/t15-,18+/m1/s1. The van der Waals surface area contributed by atoms with E-state index in [2.05, 4.69) is 10.4 Å². The first kappa shape index (κ1) is 25.5. The van der Waals surface area contributed by atoms with Gasteiger partial charge in [0.25, 0.3) is 5.91 Å². The predicted octanol–water partition coefficient (Wildman–Crippen LogP) is 4.38. The van der Waals surface area contributed by atoms with Gasteiger partial charge in [-0.05, 0) is 50.4 Å². The number of fused-ring (bicyclic) bond motifs is 3. The van der Waals surface area contributed by atoms with E-state index in [9.17, 15) is 22.8 Å². The van der Waals surface area contributed by atoms with E-state index in [4.69, 9.17) is 9.15 Å². The summed E-state index contributed by atoms with van der Waals surface area (Å²) in [4.78, 5) is 27.2. The van der Waals surface area contributed by atoms with Crippen LogP contribution in [0.5, 0.6) is 0 Å². The molecule has 0 radical (unpaired) electrons. The molecule has 2 saturated heterocycles. The third-order valence-corrected chi connectivity index (χ3v) is 8.33. The van der Waals surface area contributed by atoms with Gasteiger partial charge in [0.2, 0.25) is 11.7 Å². The molecule has 0 aromatic carbocycles. The number of carbonyl (C=O) groups excluding carboxylic acids is 2. The molecule has 2 atom stereocenters. The molecule has 8 nitrogen and oxygen atoms in total. The SMILES string of the molecule is C[C@@H]1Cc2oc(C(=O)NC[C@@H]3CCCO3)c(C(F)(F)F)c2-c2nn(CC3CCN(C(=O)C4CC4)CC3)cc21. The highest BCUT2D eigenvalue weighted by Crippen LogP contribution is 2.48. The first-order valence-corrected chi connectivity index (χ1v) is 13.7. The molecule has 2 amide bonds. The summed E-state index contributed by atoms with van der Waals surface area (Å²) in [5.41, 5.74) is -0.190. The number of likely N-dealkylation sites (tertiary alicyclic amines) is 1. The van der Waals surface area contributed by atoms with Gasteiger partial charge < -0.3 is 19.4 Å². The maximum atomic E-state index is 14.4. The van der Waals surface area contributed by atoms with Crippen molar-refractivity contribution in [3.63, 3.8) is 0 Å². The number of amides is 2. The van der Waals surface area contributed by atoms with Gasteiger partial charge in [-0.1, -0.05) is 6.92 Å². The number of furan rings is 1. The van der Waals surface area contributed by atoms with Crippen LogP contribution in [0.3, 0.4) is 0 Å². The lowest BCUT2D eigenvalue weighted by molar-refractivity contribution is -0.138. The Bertz CT molecular complexity index is 1220. The first-order chi connectivity index (χ1) is 18.2. The van der Waals surface area contributed by atoms with Crippen molar-refractivity contribution in [3.8, 4) is 11.3 Å². The zero-order chi connectivity index (χ0) is 26.6. The molecule has 1 saturated carbocycles. The molecular formula is C27H33F3N4O4. The van der Waals surface area contributed by atoms with E-state index < -0.39 is 23.4 Å². The minimum atomic E-state index is -4.78. The Balaban J connectivity index is 1.23. The molecule has 1 N–H and O–H groups in total. The molecule has 4 aliphatic rings. The van der Waals surface area contributed by atoms with Crippen LogP contribution < -0.4 is 5.32 Å². The second kappa shape index (κ2) is 9.73. The Hall–Kier alpha value is -2.82. The molecule has 11 heteroatoms. The highest BCUT2D eigenvalue weighted by molar-refractivity contribution is 5.96. The fraction of sp³-hybridized carbons (Fsp3) is 0.667. The van der Waals surface area contributed by atoms with Gasteiger partial charge in [0.05, 0.1) is 17.4 Å². The first-order valence-electron chi connectivity index (χ1n) is 13.7. The van der Waals surface area contributed by atoms with Gasteiger partial charge in [0, 0.05) is 56.9 Å². The zero-order valence-electron chi connectivity index (χ0n) is 21.5. The Morgan fingerprint density at radius 3 is 2.58 bits per heavy atom. The van der Waals surface area contributed by atoms with Crippen LogP contribution in [0, 0.1) is 11.8 Å². The van der Waals surface area contributed by atoms with E-state index in [0.29, 0.717) is 32.2 Å². The summed E-state index contributed by atoms with van der Waals surface area (Å²) in [6.45, 7) is 4.67. The van der Waals surface area contributed by atoms with Crippen LogP contribution in [0.1, 0.15) is 78.8 Å². The number of carbonyl (C=O) groups is 2. The quantitative estimate of drug-likeness (QED) is 0.594. The number of hydrogen-bond acceptors (Lipinski definition) is 5. The number of nitrogens with zero attached hydrogens (tertiary/aromatic N) is 3. The minimum Gasteiger partial charge on any atom is -0.455 e. The average molecular weight is 535 g/mol. The van der Waals surface area contributed by atoms with E-state index in [1.54, 1.807) is 4.68 Å². The molecule has 4 heterocycles. The normalized spacial score (nSPS) is 23.8. The summed E-state index contributed by atoms with van der Waals surface area (Å²) in [6.07, 6.45) is 2.42. The number of ether oxygens (including phenoxy) is 1. The number of rotatable bonds is 6. The number of hydrogen-bond donors (Lipinski definition) is 1. The van der Waals surface area contributed by atoms with Crippen LogP contribution >= 0.6 is 0 Å². The highest BCUT2D eigenvalue weighted by Gasteiger charge is 2.46. The van der Waals surface area contributed by atoms with Crippen molar-refractivity contribution < 1.29 is 31.9 Å². The van der Waals surface area contributed by atoms with Gasteiger partial charge in [0.1, 0.15) is 11.3 Å². The summed E-state index contributed by atoms with van der Waals surface area (Å²) in [5.74, 6) is -0.780. The van der Waals surface area contributed by atoms with Gasteiger partial charge in [-0.15, -0.1) is 0 Å². The van der Waals surface area contributed by atoms with Crippen LogP contribution in [0.4, 0.5) is 13.2 Å². The molecule has 0 unspecified atom stereocenters. The number of piperidine rings is 1. The third kappa shape index (κ3) is 4.85. The van der Waals surface area contributed by atoms with Crippen molar-refractivity contribution in [2.45, 2.75) is 76.6 Å². The summed E-state index contributed by atoms with van der Waals surface area (Å²) >= 11 is 0. The van der Waals surface area contributed by atoms with E-state index in [1.807, 2.05) is 18.0 Å². The fourth-order valence-corrected chi connectivity index (χ4v) is 6.06. The number of nitrogens with one attached hydrogen (secondary N) is 1. The Kier molecular flexibility index (Phi) is 6.52. The fourth-order valence-electron chi connectivity index (χ4n) is 6.06.